The number of hydrogen-bond acceptors (Lipinski definition) is 4. The number of carbonyl (C=O) groups is 3. The number of carboxylic acid groups (broad SMARTS) is 2. The number of rotatable bonds is 8. The molecule has 0 radical (unpaired) electrons. The van der Waals surface area contributed by atoms with Crippen LogP contribution >= 0.6 is 11.6 Å². The average molecular weight is 493 g/mol. The fourth-order valence-corrected chi connectivity index (χ4v) is 6.19. The monoisotopic (exact) mass is 492 g/mol. The summed E-state index contributed by atoms with van der Waals surface area (Å²) in [7, 11) is 0. The summed E-state index contributed by atoms with van der Waals surface area (Å²) in [6.07, 6.45) is 3.28. The van der Waals surface area contributed by atoms with Crippen molar-refractivity contribution in [1.82, 2.24) is 9.55 Å². The number of imidazole rings is 1. The van der Waals surface area contributed by atoms with Crippen molar-refractivity contribution in [3.05, 3.63) is 87.0 Å². The molecule has 2 N–H and O–H groups in total. The van der Waals surface area contributed by atoms with E-state index in [9.17, 15) is 24.6 Å². The van der Waals surface area contributed by atoms with Crippen LogP contribution in [0.4, 0.5) is 0 Å². The van der Waals surface area contributed by atoms with E-state index in [1.807, 2.05) is 47.0 Å². The highest BCUT2D eigenvalue weighted by Gasteiger charge is 2.55. The topological polar surface area (TPSA) is 109 Å². The molecule has 7 nitrogen and oxygen atoms in total. The molecule has 3 aliphatic rings. The molecule has 1 aromatic heterocycles. The third kappa shape index (κ3) is 3.65. The molecule has 0 saturated heterocycles. The number of hydrogen-bond donors (Lipinski definition) is 2. The molecular formula is C27H25ClN2O5. The Hall–Kier alpha value is -3.45. The minimum atomic E-state index is -1.11. The van der Waals surface area contributed by atoms with Crippen molar-refractivity contribution < 1.29 is 24.6 Å². The van der Waals surface area contributed by atoms with Crippen LogP contribution in [0.5, 0.6) is 0 Å². The van der Waals surface area contributed by atoms with Gasteiger partial charge in [-0.2, -0.15) is 0 Å². The number of fused-ring (bicyclic) bond motifs is 1. The van der Waals surface area contributed by atoms with Crippen LogP contribution in [0, 0.1) is 11.8 Å². The molecule has 6 rings (SSSR count). The normalized spacial score (nSPS) is 21.9. The van der Waals surface area contributed by atoms with Crippen LogP contribution in [0.3, 0.4) is 0 Å². The van der Waals surface area contributed by atoms with Crippen LogP contribution in [0.1, 0.15) is 75.7 Å². The molecule has 8 heteroatoms. The van der Waals surface area contributed by atoms with Gasteiger partial charge in [-0.15, -0.1) is 0 Å². The first-order chi connectivity index (χ1) is 16.9. The molecule has 180 valence electrons. The van der Waals surface area contributed by atoms with Gasteiger partial charge in [0.2, 0.25) is 0 Å². The van der Waals surface area contributed by atoms with Gasteiger partial charge >= 0.3 is 11.9 Å². The molecule has 4 unspecified atom stereocenters. The van der Waals surface area contributed by atoms with Crippen molar-refractivity contribution in [1.29, 1.82) is 0 Å². The molecule has 4 atom stereocenters. The number of nitrogens with zero attached hydrogens (tertiary/aromatic N) is 2. The summed E-state index contributed by atoms with van der Waals surface area (Å²) in [6.45, 7) is 2.44. The number of carbonyl (C=O) groups excluding carboxylic acids is 1. The first-order valence-corrected chi connectivity index (χ1v) is 12.1. The number of aliphatic carboxylic acids is 2. The summed E-state index contributed by atoms with van der Waals surface area (Å²) in [5, 5.41) is 20.3. The average Bonchev–Trinajstić information content (AvgIpc) is 3.15. The molecule has 2 aromatic carbocycles. The Kier molecular flexibility index (Phi) is 5.97. The van der Waals surface area contributed by atoms with Crippen molar-refractivity contribution in [3.8, 4) is 0 Å². The molecule has 0 spiro atoms. The molecule has 1 heterocycles. The number of carboxylic acids is 2. The van der Waals surface area contributed by atoms with E-state index >= 15 is 0 Å². The second-order valence-corrected chi connectivity index (χ2v) is 9.65. The first kappa shape index (κ1) is 23.3. The third-order valence-corrected chi connectivity index (χ3v) is 7.69. The van der Waals surface area contributed by atoms with E-state index in [1.54, 1.807) is 0 Å². The van der Waals surface area contributed by atoms with Crippen LogP contribution < -0.4 is 0 Å². The highest BCUT2D eigenvalue weighted by molar-refractivity contribution is 6.31. The van der Waals surface area contributed by atoms with Gasteiger partial charge < -0.3 is 14.8 Å². The summed E-state index contributed by atoms with van der Waals surface area (Å²) < 4.78 is 1.82. The molecule has 2 bridgehead atoms. The van der Waals surface area contributed by atoms with Gasteiger partial charge in [0.25, 0.3) is 0 Å². The van der Waals surface area contributed by atoms with Gasteiger partial charge in [-0.25, -0.2) is 4.98 Å². The van der Waals surface area contributed by atoms with Gasteiger partial charge in [-0.1, -0.05) is 67.4 Å². The van der Waals surface area contributed by atoms with Gasteiger partial charge in [0.05, 0.1) is 11.8 Å². The fraction of sp³-hybridized carbons (Fsp3) is 0.333. The number of aryl methyl sites for hydroxylation is 1. The lowest BCUT2D eigenvalue weighted by Gasteiger charge is -2.47. The van der Waals surface area contributed by atoms with Crippen LogP contribution in [0.15, 0.2) is 42.5 Å². The van der Waals surface area contributed by atoms with Gasteiger partial charge in [0.15, 0.2) is 11.4 Å². The first-order valence-electron chi connectivity index (χ1n) is 11.7. The Morgan fingerprint density at radius 1 is 1.00 bits per heavy atom. The number of halogens is 1. The van der Waals surface area contributed by atoms with E-state index in [-0.39, 0.29) is 5.15 Å². The van der Waals surface area contributed by atoms with Gasteiger partial charge in [0, 0.05) is 24.8 Å². The lowest BCUT2D eigenvalue weighted by Crippen LogP contribution is -2.47. The smallest absolute Gasteiger partial charge is 0.308 e. The summed E-state index contributed by atoms with van der Waals surface area (Å²) in [5.41, 5.74) is 4.64. The van der Waals surface area contributed by atoms with Crippen LogP contribution in [0.2, 0.25) is 5.15 Å². The zero-order chi connectivity index (χ0) is 24.9. The van der Waals surface area contributed by atoms with E-state index in [2.05, 4.69) is 11.9 Å². The summed E-state index contributed by atoms with van der Waals surface area (Å²) in [5.74, 6) is -4.68. The zero-order valence-electron chi connectivity index (χ0n) is 19.1. The number of benzene rings is 2. The lowest BCUT2D eigenvalue weighted by molar-refractivity contribution is -0.156. The summed E-state index contributed by atoms with van der Waals surface area (Å²) in [6, 6.07) is 13.3. The van der Waals surface area contributed by atoms with E-state index in [0.717, 1.165) is 46.5 Å². The van der Waals surface area contributed by atoms with Crippen molar-refractivity contribution in [2.24, 2.45) is 11.8 Å². The highest BCUT2D eigenvalue weighted by atomic mass is 35.5. The maximum absolute atomic E-state index is 12.4. The Morgan fingerprint density at radius 2 is 1.60 bits per heavy atom. The van der Waals surface area contributed by atoms with Crippen LogP contribution in [-0.4, -0.2) is 38.0 Å². The van der Waals surface area contributed by atoms with Gasteiger partial charge in [-0.05, 0) is 34.2 Å². The van der Waals surface area contributed by atoms with E-state index < -0.39 is 35.6 Å². The third-order valence-electron chi connectivity index (χ3n) is 7.41. The predicted molar refractivity (Wildman–Crippen MR) is 129 cm³/mol. The quantitative estimate of drug-likeness (QED) is 0.440. The maximum atomic E-state index is 12.4. The molecule has 3 aliphatic carbocycles. The van der Waals surface area contributed by atoms with Gasteiger partial charge in [-0.3, -0.25) is 14.4 Å². The number of aromatic nitrogens is 2. The summed E-state index contributed by atoms with van der Waals surface area (Å²) in [4.78, 5) is 40.8. The predicted octanol–water partition coefficient (Wildman–Crippen LogP) is 4.73. The summed E-state index contributed by atoms with van der Waals surface area (Å²) >= 11 is 6.23. The lowest BCUT2D eigenvalue weighted by atomic mass is 9.54. The SMILES string of the molecule is CCCCc1nc(Cl)c(C=O)n1Cc1ccc2c(c1)C1c3ccccc3C2C(C(=O)O)C1C(=O)O. The zero-order valence-corrected chi connectivity index (χ0v) is 19.9. The molecule has 35 heavy (non-hydrogen) atoms. The molecule has 0 amide bonds. The number of aldehydes is 1. The second kappa shape index (κ2) is 8.96. The van der Waals surface area contributed by atoms with Crippen LogP contribution in [-0.2, 0) is 22.6 Å². The fourth-order valence-electron chi connectivity index (χ4n) is 5.95. The molecule has 0 fully saturated rings. The minimum Gasteiger partial charge on any atom is -0.481 e. The Bertz CT molecular complexity index is 1350. The Labute approximate surface area is 207 Å². The van der Waals surface area contributed by atoms with Crippen LogP contribution in [0.25, 0.3) is 0 Å². The van der Waals surface area contributed by atoms with Crippen molar-refractivity contribution >= 4 is 29.8 Å². The highest BCUT2D eigenvalue weighted by Crippen LogP contribution is 2.58. The molecular weight excluding hydrogens is 468 g/mol. The second-order valence-electron chi connectivity index (χ2n) is 9.29. The standard InChI is InChI=1S/C27H25ClN2O5/c1-2-3-8-20-29-25(28)19(13-31)30(20)12-14-9-10-17-18(11-14)22-16-7-5-4-6-15(16)21(17)23(26(32)33)24(22)27(34)35/h4-7,9-11,13,21-24H,2-3,8,12H2,1H3,(H,32,33)(H,34,35). The molecule has 3 aromatic rings. The molecule has 0 aliphatic heterocycles. The van der Waals surface area contributed by atoms with E-state index in [0.29, 0.717) is 24.9 Å². The Morgan fingerprint density at radius 3 is 2.17 bits per heavy atom. The van der Waals surface area contributed by atoms with E-state index in [4.69, 9.17) is 11.6 Å². The minimum absolute atomic E-state index is 0.173. The van der Waals surface area contributed by atoms with E-state index in [1.165, 1.54) is 0 Å². The maximum Gasteiger partial charge on any atom is 0.308 e. The van der Waals surface area contributed by atoms with Gasteiger partial charge in [0.1, 0.15) is 11.5 Å². The van der Waals surface area contributed by atoms with Crippen molar-refractivity contribution in [2.75, 3.05) is 0 Å². The largest absolute Gasteiger partial charge is 0.481 e. The van der Waals surface area contributed by atoms with Crippen molar-refractivity contribution in [2.45, 2.75) is 44.6 Å². The Balaban J connectivity index is 1.62. The van der Waals surface area contributed by atoms with Crippen molar-refractivity contribution in [3.63, 3.8) is 0 Å². The molecule has 0 saturated carbocycles. The number of unbranched alkanes of at least 4 members (excludes halogenated alkanes) is 1.